The molecule has 0 aliphatic carbocycles. The number of thioether (sulfide) groups is 1. The number of hydrogen-bond donors (Lipinski definition) is 3. The lowest BCUT2D eigenvalue weighted by Crippen LogP contribution is -2.19. The van der Waals surface area contributed by atoms with Crippen LogP contribution in [0, 0.1) is 0 Å². The molecule has 3 N–H and O–H groups in total. The molecule has 1 aromatic carbocycles. The van der Waals surface area contributed by atoms with E-state index in [-0.39, 0.29) is 11.7 Å². The minimum absolute atomic E-state index is 0.159. The predicted octanol–water partition coefficient (Wildman–Crippen LogP) is 3.33. The van der Waals surface area contributed by atoms with Crippen LogP contribution in [0.3, 0.4) is 0 Å². The molecule has 140 valence electrons. The average molecular weight is 422 g/mol. The molecule has 0 atom stereocenters. The van der Waals surface area contributed by atoms with E-state index in [2.05, 4.69) is 36.3 Å². The van der Waals surface area contributed by atoms with Gasteiger partial charge in [-0.15, -0.1) is 20.4 Å². The summed E-state index contributed by atoms with van der Waals surface area (Å²) >= 11 is 3.77. The van der Waals surface area contributed by atoms with Crippen LogP contribution in [0.5, 0.6) is 0 Å². The Hall–Kier alpha value is -2.57. The van der Waals surface area contributed by atoms with Gasteiger partial charge in [-0.1, -0.05) is 59.6 Å². The van der Waals surface area contributed by atoms with Gasteiger partial charge in [0.05, 0.1) is 5.75 Å². The molecule has 3 aromatic rings. The Bertz CT molecular complexity index is 913. The molecule has 2 aromatic heterocycles. The fourth-order valence-corrected chi connectivity index (χ4v) is 4.07. The maximum absolute atomic E-state index is 12.0. The number of para-hydroxylation sites is 1. The Kier molecular flexibility index (Phi) is 6.68. The first-order valence-electron chi connectivity index (χ1n) is 7.84. The molecule has 0 unspecified atom stereocenters. The largest absolute Gasteiger partial charge is 0.325 e. The molecule has 0 bridgehead atoms. The smallest absolute Gasteiger partial charge is 0.308 e. The molecule has 12 heteroatoms. The lowest BCUT2D eigenvalue weighted by Gasteiger charge is -2.03. The number of urea groups is 1. The van der Waals surface area contributed by atoms with E-state index >= 15 is 0 Å². The molecule has 0 fully saturated rings. The van der Waals surface area contributed by atoms with Crippen LogP contribution in [0.2, 0.25) is 0 Å². The number of nitrogens with zero attached hydrogens (tertiary/aromatic N) is 4. The number of rotatable bonds is 7. The van der Waals surface area contributed by atoms with Crippen molar-refractivity contribution in [2.45, 2.75) is 17.7 Å². The van der Waals surface area contributed by atoms with E-state index in [4.69, 9.17) is 0 Å². The van der Waals surface area contributed by atoms with E-state index in [1.165, 1.54) is 34.4 Å². The highest BCUT2D eigenvalue weighted by atomic mass is 32.2. The van der Waals surface area contributed by atoms with Gasteiger partial charge in [0.25, 0.3) is 0 Å². The Balaban J connectivity index is 1.44. The zero-order chi connectivity index (χ0) is 19.1. The molecule has 0 saturated carbocycles. The Labute approximate surface area is 167 Å². The summed E-state index contributed by atoms with van der Waals surface area (Å²) in [6, 6.07) is 8.66. The van der Waals surface area contributed by atoms with E-state index < -0.39 is 6.03 Å². The summed E-state index contributed by atoms with van der Waals surface area (Å²) in [5.41, 5.74) is 0.675. The number of carbonyl (C=O) groups is 2. The number of nitrogens with one attached hydrogen (secondary N) is 3. The molecule has 0 saturated heterocycles. The van der Waals surface area contributed by atoms with Crippen molar-refractivity contribution >= 4 is 62.3 Å². The minimum atomic E-state index is -0.408. The number of benzene rings is 1. The molecule has 27 heavy (non-hydrogen) atoms. The van der Waals surface area contributed by atoms with Crippen molar-refractivity contribution in [2.75, 3.05) is 21.7 Å². The average Bonchev–Trinajstić information content (AvgIpc) is 3.30. The number of carbonyl (C=O) groups excluding carboxylic acids is 2. The van der Waals surface area contributed by atoms with Gasteiger partial charge < -0.3 is 5.32 Å². The first-order chi connectivity index (χ1) is 13.1. The van der Waals surface area contributed by atoms with Gasteiger partial charge in [-0.25, -0.2) is 4.79 Å². The SMILES string of the molecule is CCc1nnc(NC(=O)CSc2nnc(NC(=O)Nc3ccccc3)s2)s1. The topological polar surface area (TPSA) is 122 Å². The van der Waals surface area contributed by atoms with Crippen LogP contribution in [0.4, 0.5) is 20.7 Å². The van der Waals surface area contributed by atoms with Crippen molar-refractivity contribution in [3.63, 3.8) is 0 Å². The summed E-state index contributed by atoms with van der Waals surface area (Å²) in [7, 11) is 0. The fourth-order valence-electron chi connectivity index (χ4n) is 1.83. The van der Waals surface area contributed by atoms with Crippen molar-refractivity contribution in [1.82, 2.24) is 20.4 Å². The third-order valence-electron chi connectivity index (χ3n) is 3.00. The summed E-state index contributed by atoms with van der Waals surface area (Å²) < 4.78 is 0.576. The maximum atomic E-state index is 12.0. The van der Waals surface area contributed by atoms with Crippen LogP contribution >= 0.6 is 34.4 Å². The normalized spacial score (nSPS) is 10.4. The van der Waals surface area contributed by atoms with E-state index in [0.717, 1.165) is 11.4 Å². The van der Waals surface area contributed by atoms with E-state index in [1.54, 1.807) is 12.1 Å². The zero-order valence-corrected chi connectivity index (χ0v) is 16.6. The number of hydrogen-bond acceptors (Lipinski definition) is 9. The molecular weight excluding hydrogens is 406 g/mol. The monoisotopic (exact) mass is 421 g/mol. The van der Waals surface area contributed by atoms with Crippen LogP contribution in [-0.2, 0) is 11.2 Å². The van der Waals surface area contributed by atoms with Gasteiger partial charge in [0.15, 0.2) is 4.34 Å². The van der Waals surface area contributed by atoms with Gasteiger partial charge in [-0.05, 0) is 18.6 Å². The second kappa shape index (κ2) is 9.39. The first-order valence-corrected chi connectivity index (χ1v) is 10.5. The van der Waals surface area contributed by atoms with E-state index in [1.807, 2.05) is 25.1 Å². The molecular formula is C15H15N7O2S3. The highest BCUT2D eigenvalue weighted by Crippen LogP contribution is 2.26. The highest BCUT2D eigenvalue weighted by molar-refractivity contribution is 8.01. The Morgan fingerprint density at radius 2 is 1.70 bits per heavy atom. The second-order valence-electron chi connectivity index (χ2n) is 5.01. The number of amides is 3. The lowest BCUT2D eigenvalue weighted by molar-refractivity contribution is -0.113. The third kappa shape index (κ3) is 5.98. The van der Waals surface area contributed by atoms with Crippen LogP contribution in [-0.4, -0.2) is 38.1 Å². The number of aromatic nitrogens is 4. The molecule has 0 spiro atoms. The van der Waals surface area contributed by atoms with Crippen molar-refractivity contribution in [3.05, 3.63) is 35.3 Å². The number of anilines is 3. The minimum Gasteiger partial charge on any atom is -0.308 e. The van der Waals surface area contributed by atoms with Crippen LogP contribution < -0.4 is 16.0 Å². The molecule has 3 rings (SSSR count). The van der Waals surface area contributed by atoms with Gasteiger partial charge in [0.1, 0.15) is 5.01 Å². The summed E-state index contributed by atoms with van der Waals surface area (Å²) in [6.45, 7) is 1.98. The van der Waals surface area contributed by atoms with Crippen molar-refractivity contribution in [1.29, 1.82) is 0 Å². The van der Waals surface area contributed by atoms with E-state index in [9.17, 15) is 9.59 Å². The van der Waals surface area contributed by atoms with Gasteiger partial charge >= 0.3 is 6.03 Å². The Morgan fingerprint density at radius 1 is 0.963 bits per heavy atom. The van der Waals surface area contributed by atoms with Crippen LogP contribution in [0.1, 0.15) is 11.9 Å². The maximum Gasteiger partial charge on any atom is 0.325 e. The lowest BCUT2D eigenvalue weighted by atomic mass is 10.3. The second-order valence-corrected chi connectivity index (χ2v) is 8.27. The molecule has 0 aliphatic rings. The predicted molar refractivity (Wildman–Crippen MR) is 108 cm³/mol. The molecule has 0 radical (unpaired) electrons. The standard InChI is InChI=1S/C15H15N7O2S3/c1-2-11-19-20-13(26-11)17-10(23)8-25-15-22-21-14(27-15)18-12(24)16-9-6-4-3-5-7-9/h3-7H,2,8H2,1H3,(H,17,20,23)(H2,16,18,21,24). The molecule has 0 aliphatic heterocycles. The fraction of sp³-hybridized carbons (Fsp3) is 0.200. The summed E-state index contributed by atoms with van der Waals surface area (Å²) in [6.07, 6.45) is 0.778. The number of aryl methyl sites for hydroxylation is 1. The van der Waals surface area contributed by atoms with E-state index in [0.29, 0.717) is 20.3 Å². The summed E-state index contributed by atoms with van der Waals surface area (Å²) in [5, 5.41) is 25.4. The zero-order valence-electron chi connectivity index (χ0n) is 14.1. The highest BCUT2D eigenvalue weighted by Gasteiger charge is 2.12. The summed E-state index contributed by atoms with van der Waals surface area (Å²) in [4.78, 5) is 23.9. The Morgan fingerprint density at radius 3 is 2.44 bits per heavy atom. The van der Waals surface area contributed by atoms with Crippen LogP contribution in [0.15, 0.2) is 34.7 Å². The van der Waals surface area contributed by atoms with Gasteiger partial charge in [0.2, 0.25) is 16.2 Å². The molecule has 3 amide bonds. The quantitative estimate of drug-likeness (QED) is 0.395. The van der Waals surface area contributed by atoms with Crippen molar-refractivity contribution in [2.24, 2.45) is 0 Å². The molecule has 2 heterocycles. The van der Waals surface area contributed by atoms with Gasteiger partial charge in [0, 0.05) is 5.69 Å². The third-order valence-corrected chi connectivity index (χ3v) is 5.96. The summed E-state index contributed by atoms with van der Waals surface area (Å²) in [5.74, 6) is -0.0448. The van der Waals surface area contributed by atoms with Gasteiger partial charge in [-0.3, -0.25) is 15.4 Å². The van der Waals surface area contributed by atoms with Crippen molar-refractivity contribution < 1.29 is 9.59 Å². The first kappa shape index (κ1) is 19.2. The van der Waals surface area contributed by atoms with Gasteiger partial charge in [-0.2, -0.15) is 0 Å². The molecule has 9 nitrogen and oxygen atoms in total. The van der Waals surface area contributed by atoms with Crippen LogP contribution in [0.25, 0.3) is 0 Å². The van der Waals surface area contributed by atoms with Crippen molar-refractivity contribution in [3.8, 4) is 0 Å².